The van der Waals surface area contributed by atoms with E-state index in [-0.39, 0.29) is 17.6 Å². The first-order valence-corrected chi connectivity index (χ1v) is 11.9. The standard InChI is InChI=1S/C24H24FN7OS/c25-17-3-5-19(6-4-17)32-22(29-11-1-2-12-29)20(15-26-32)23(33)30-13-9-16(10-14-30)21-27-28-24(34)31(21)18-7-8-18/h1-6,11-12,15-16,18H,7-10,13-14H2,(H,28,34). The maximum atomic E-state index is 13.6. The van der Waals surface area contributed by atoms with E-state index in [0.29, 0.717) is 41.0 Å². The van der Waals surface area contributed by atoms with Crippen LogP contribution in [0.2, 0.25) is 0 Å². The van der Waals surface area contributed by atoms with Crippen molar-refractivity contribution in [1.82, 2.24) is 34.0 Å². The van der Waals surface area contributed by atoms with Gasteiger partial charge in [0.15, 0.2) is 10.6 Å². The van der Waals surface area contributed by atoms with E-state index >= 15 is 0 Å². The summed E-state index contributed by atoms with van der Waals surface area (Å²) >= 11 is 5.44. The molecule has 34 heavy (non-hydrogen) atoms. The predicted molar refractivity (Wildman–Crippen MR) is 126 cm³/mol. The van der Waals surface area contributed by atoms with Gasteiger partial charge in [0.2, 0.25) is 0 Å². The summed E-state index contributed by atoms with van der Waals surface area (Å²) in [4.78, 5) is 15.5. The number of carbonyl (C=O) groups excluding carboxylic acids is 1. The first-order chi connectivity index (χ1) is 16.6. The maximum Gasteiger partial charge on any atom is 0.259 e. The second-order valence-corrected chi connectivity index (χ2v) is 9.30. The number of likely N-dealkylation sites (tertiary alicyclic amines) is 1. The molecule has 0 radical (unpaired) electrons. The molecule has 1 saturated heterocycles. The van der Waals surface area contributed by atoms with Crippen LogP contribution in [0, 0.1) is 10.6 Å². The average Bonchev–Trinajstić information content (AvgIpc) is 3.24. The molecule has 1 aliphatic heterocycles. The summed E-state index contributed by atoms with van der Waals surface area (Å²) < 4.78 is 19.9. The lowest BCUT2D eigenvalue weighted by Gasteiger charge is -2.31. The normalized spacial score (nSPS) is 16.8. The number of benzene rings is 1. The third-order valence-electron chi connectivity index (χ3n) is 6.69. The first-order valence-electron chi connectivity index (χ1n) is 11.5. The quantitative estimate of drug-likeness (QED) is 0.432. The SMILES string of the molecule is O=C(c1cnn(-c2ccc(F)cc2)c1-n1cccc1)N1CCC(c2n[nH]c(=S)n2C2CC2)CC1. The monoisotopic (exact) mass is 477 g/mol. The Morgan fingerprint density at radius 2 is 1.76 bits per heavy atom. The molecule has 10 heteroatoms. The van der Waals surface area contributed by atoms with Crippen LogP contribution < -0.4 is 0 Å². The Morgan fingerprint density at radius 3 is 2.44 bits per heavy atom. The molecule has 1 aliphatic carbocycles. The molecule has 1 saturated carbocycles. The number of halogens is 1. The molecule has 1 amide bonds. The smallest absolute Gasteiger partial charge is 0.259 e. The van der Waals surface area contributed by atoms with E-state index < -0.39 is 0 Å². The molecule has 1 N–H and O–H groups in total. The van der Waals surface area contributed by atoms with Gasteiger partial charge in [0.25, 0.3) is 5.91 Å². The number of rotatable bonds is 5. The lowest BCUT2D eigenvalue weighted by atomic mass is 9.95. The fourth-order valence-corrected chi connectivity index (χ4v) is 5.08. The second kappa shape index (κ2) is 8.35. The highest BCUT2D eigenvalue weighted by Crippen LogP contribution is 2.39. The van der Waals surface area contributed by atoms with Gasteiger partial charge in [0.1, 0.15) is 17.2 Å². The third-order valence-corrected chi connectivity index (χ3v) is 6.97. The Hall–Kier alpha value is -3.53. The van der Waals surface area contributed by atoms with E-state index in [1.807, 2.05) is 34.0 Å². The van der Waals surface area contributed by atoms with Crippen molar-refractivity contribution in [2.45, 2.75) is 37.6 Å². The fourth-order valence-electron chi connectivity index (χ4n) is 4.79. The number of nitrogens with zero attached hydrogens (tertiary/aromatic N) is 6. The zero-order valence-corrected chi connectivity index (χ0v) is 19.3. The van der Waals surface area contributed by atoms with Crippen molar-refractivity contribution >= 4 is 18.1 Å². The number of aromatic amines is 1. The van der Waals surface area contributed by atoms with Crippen LogP contribution in [-0.2, 0) is 0 Å². The second-order valence-electron chi connectivity index (χ2n) is 8.91. The number of piperidine rings is 1. The molecule has 0 unspecified atom stereocenters. The minimum atomic E-state index is -0.319. The van der Waals surface area contributed by atoms with Crippen molar-refractivity contribution in [3.63, 3.8) is 0 Å². The molecule has 3 aromatic heterocycles. The predicted octanol–water partition coefficient (Wildman–Crippen LogP) is 4.41. The van der Waals surface area contributed by atoms with Crippen LogP contribution in [0.4, 0.5) is 4.39 Å². The molecule has 0 atom stereocenters. The van der Waals surface area contributed by atoms with Gasteiger partial charge in [-0.05, 0) is 74.3 Å². The highest BCUT2D eigenvalue weighted by Gasteiger charge is 2.33. The number of H-pyrrole nitrogens is 1. The number of carbonyl (C=O) groups is 1. The van der Waals surface area contributed by atoms with Crippen LogP contribution in [0.15, 0.2) is 55.0 Å². The summed E-state index contributed by atoms with van der Waals surface area (Å²) in [5.74, 6) is 1.57. The largest absolute Gasteiger partial charge is 0.338 e. The summed E-state index contributed by atoms with van der Waals surface area (Å²) in [5.41, 5.74) is 1.20. The van der Waals surface area contributed by atoms with Gasteiger partial charge in [-0.25, -0.2) is 9.07 Å². The van der Waals surface area contributed by atoms with Crippen LogP contribution in [0.1, 0.15) is 53.8 Å². The highest BCUT2D eigenvalue weighted by molar-refractivity contribution is 7.71. The zero-order chi connectivity index (χ0) is 23.2. The third kappa shape index (κ3) is 3.67. The van der Waals surface area contributed by atoms with Crippen LogP contribution in [0.3, 0.4) is 0 Å². The molecule has 2 aliphatic rings. The van der Waals surface area contributed by atoms with Crippen LogP contribution in [-0.4, -0.2) is 53.0 Å². The number of nitrogens with one attached hydrogen (secondary N) is 1. The van der Waals surface area contributed by atoms with Crippen molar-refractivity contribution in [3.8, 4) is 11.5 Å². The zero-order valence-electron chi connectivity index (χ0n) is 18.5. The van der Waals surface area contributed by atoms with E-state index in [9.17, 15) is 9.18 Å². The summed E-state index contributed by atoms with van der Waals surface area (Å²) in [6, 6.07) is 10.4. The van der Waals surface area contributed by atoms with Gasteiger partial charge in [0.05, 0.1) is 11.9 Å². The Morgan fingerprint density at radius 1 is 1.06 bits per heavy atom. The Labute approximate surface area is 200 Å². The van der Waals surface area contributed by atoms with Crippen molar-refractivity contribution in [1.29, 1.82) is 0 Å². The summed E-state index contributed by atoms with van der Waals surface area (Å²) in [6.07, 6.45) is 9.33. The van der Waals surface area contributed by atoms with E-state index in [1.54, 1.807) is 23.0 Å². The molecule has 2 fully saturated rings. The summed E-state index contributed by atoms with van der Waals surface area (Å²) in [5, 5.41) is 12.0. The van der Waals surface area contributed by atoms with Crippen molar-refractivity contribution in [3.05, 3.63) is 77.0 Å². The van der Waals surface area contributed by atoms with E-state index in [1.165, 1.54) is 12.1 Å². The highest BCUT2D eigenvalue weighted by atomic mass is 32.1. The molecule has 6 rings (SSSR count). The lowest BCUT2D eigenvalue weighted by molar-refractivity contribution is 0.0710. The molecule has 8 nitrogen and oxygen atoms in total. The van der Waals surface area contributed by atoms with Crippen molar-refractivity contribution < 1.29 is 9.18 Å². The summed E-state index contributed by atoms with van der Waals surface area (Å²) in [6.45, 7) is 1.28. The van der Waals surface area contributed by atoms with Gasteiger partial charge >= 0.3 is 0 Å². The molecular weight excluding hydrogens is 453 g/mol. The van der Waals surface area contributed by atoms with Crippen LogP contribution >= 0.6 is 12.2 Å². The number of amides is 1. The first kappa shape index (κ1) is 21.0. The van der Waals surface area contributed by atoms with E-state index in [0.717, 1.165) is 31.5 Å². The summed E-state index contributed by atoms with van der Waals surface area (Å²) in [7, 11) is 0. The number of aromatic nitrogens is 6. The number of hydrogen-bond acceptors (Lipinski definition) is 4. The van der Waals surface area contributed by atoms with Crippen molar-refractivity contribution in [2.24, 2.45) is 0 Å². The maximum absolute atomic E-state index is 13.6. The van der Waals surface area contributed by atoms with Crippen molar-refractivity contribution in [2.75, 3.05) is 13.1 Å². The molecule has 4 heterocycles. The lowest BCUT2D eigenvalue weighted by Crippen LogP contribution is -2.38. The molecular formula is C24H24FN7OS. The molecule has 0 spiro atoms. The topological polar surface area (TPSA) is 76.7 Å². The molecule has 1 aromatic carbocycles. The molecule has 0 bridgehead atoms. The molecule has 4 aromatic rings. The van der Waals surface area contributed by atoms with E-state index in [4.69, 9.17) is 12.2 Å². The van der Waals surface area contributed by atoms with Gasteiger partial charge in [-0.3, -0.25) is 9.89 Å². The van der Waals surface area contributed by atoms with Gasteiger partial charge < -0.3 is 14.0 Å². The van der Waals surface area contributed by atoms with Crippen LogP contribution in [0.5, 0.6) is 0 Å². The van der Waals surface area contributed by atoms with Gasteiger partial charge in [-0.15, -0.1) is 0 Å². The minimum Gasteiger partial charge on any atom is -0.338 e. The van der Waals surface area contributed by atoms with Gasteiger partial charge in [0, 0.05) is 37.4 Å². The Bertz CT molecular complexity index is 1370. The Balaban J connectivity index is 1.26. The fraction of sp³-hybridized carbons (Fsp3) is 0.333. The Kier molecular flexibility index (Phi) is 5.17. The number of hydrogen-bond donors (Lipinski definition) is 1. The van der Waals surface area contributed by atoms with Gasteiger partial charge in [-0.2, -0.15) is 10.2 Å². The minimum absolute atomic E-state index is 0.0587. The molecule has 174 valence electrons. The van der Waals surface area contributed by atoms with Gasteiger partial charge in [-0.1, -0.05) is 0 Å². The van der Waals surface area contributed by atoms with E-state index in [2.05, 4.69) is 19.9 Å². The average molecular weight is 478 g/mol. The van der Waals surface area contributed by atoms with Crippen LogP contribution in [0.25, 0.3) is 11.5 Å².